The lowest BCUT2D eigenvalue weighted by Crippen LogP contribution is -2.45. The van der Waals surface area contributed by atoms with Crippen LogP contribution in [0.25, 0.3) is 0 Å². The van der Waals surface area contributed by atoms with Gasteiger partial charge in [0, 0.05) is 5.92 Å². The van der Waals surface area contributed by atoms with Gasteiger partial charge in [0.25, 0.3) is 0 Å². The maximum atomic E-state index is 10.6. The molecule has 0 aliphatic heterocycles. The number of hydrogen-bond acceptors (Lipinski definition) is 3. The van der Waals surface area contributed by atoms with Crippen LogP contribution in [0.15, 0.2) is 30.4 Å². The summed E-state index contributed by atoms with van der Waals surface area (Å²) >= 11 is 0. The third kappa shape index (κ3) is 2.35. The van der Waals surface area contributed by atoms with Gasteiger partial charge in [0.1, 0.15) is 0 Å². The maximum Gasteiger partial charge on any atom is 0.161 e. The van der Waals surface area contributed by atoms with Gasteiger partial charge in [0.15, 0.2) is 11.5 Å². The van der Waals surface area contributed by atoms with E-state index in [0.29, 0.717) is 6.61 Å². The van der Waals surface area contributed by atoms with Crippen molar-refractivity contribution in [2.75, 3.05) is 13.7 Å². The summed E-state index contributed by atoms with van der Waals surface area (Å²) in [4.78, 5) is 0. The minimum atomic E-state index is -0.766. The van der Waals surface area contributed by atoms with Crippen molar-refractivity contribution in [3.05, 3.63) is 35.9 Å². The molecule has 1 aliphatic carbocycles. The fourth-order valence-corrected chi connectivity index (χ4v) is 2.69. The van der Waals surface area contributed by atoms with E-state index in [9.17, 15) is 5.11 Å². The molecule has 1 fully saturated rings. The van der Waals surface area contributed by atoms with E-state index in [0.717, 1.165) is 35.5 Å². The molecule has 1 aromatic carbocycles. The summed E-state index contributed by atoms with van der Waals surface area (Å²) in [7, 11) is 1.63. The molecular formula is C16H22O3. The zero-order chi connectivity index (χ0) is 14.0. The molecule has 104 valence electrons. The van der Waals surface area contributed by atoms with Crippen molar-refractivity contribution in [1.82, 2.24) is 0 Å². The quantitative estimate of drug-likeness (QED) is 0.828. The molecule has 0 spiro atoms. The Morgan fingerprint density at radius 2 is 2.21 bits per heavy atom. The highest BCUT2D eigenvalue weighted by Gasteiger charge is 2.46. The molecule has 0 heterocycles. The number of methoxy groups -OCH3 is 1. The third-order valence-electron chi connectivity index (χ3n) is 4.02. The number of benzene rings is 1. The summed E-state index contributed by atoms with van der Waals surface area (Å²) in [6.07, 6.45) is 1.75. The van der Waals surface area contributed by atoms with Crippen molar-refractivity contribution < 1.29 is 14.6 Å². The van der Waals surface area contributed by atoms with Crippen LogP contribution in [-0.4, -0.2) is 24.4 Å². The molecule has 3 heteroatoms. The third-order valence-corrected chi connectivity index (χ3v) is 4.02. The molecule has 3 nitrogen and oxygen atoms in total. The van der Waals surface area contributed by atoms with Gasteiger partial charge in [-0.1, -0.05) is 12.6 Å². The zero-order valence-corrected chi connectivity index (χ0v) is 11.9. The van der Waals surface area contributed by atoms with Gasteiger partial charge in [-0.15, -0.1) is 0 Å². The Morgan fingerprint density at radius 3 is 2.68 bits per heavy atom. The van der Waals surface area contributed by atoms with Crippen molar-refractivity contribution in [2.24, 2.45) is 0 Å². The largest absolute Gasteiger partial charge is 0.493 e. The maximum absolute atomic E-state index is 10.6. The lowest BCUT2D eigenvalue weighted by molar-refractivity contribution is -0.0233. The molecule has 1 aliphatic rings. The monoisotopic (exact) mass is 262 g/mol. The molecule has 0 radical (unpaired) electrons. The topological polar surface area (TPSA) is 38.7 Å². The molecule has 2 rings (SSSR count). The summed E-state index contributed by atoms with van der Waals surface area (Å²) in [6, 6.07) is 5.88. The Bertz CT molecular complexity index is 481. The average Bonchev–Trinajstić information content (AvgIpc) is 2.38. The first kappa shape index (κ1) is 13.9. The van der Waals surface area contributed by atoms with Crippen LogP contribution in [0, 0.1) is 0 Å². The summed E-state index contributed by atoms with van der Waals surface area (Å²) < 4.78 is 10.9. The van der Waals surface area contributed by atoms with Gasteiger partial charge in [-0.05, 0) is 50.0 Å². The van der Waals surface area contributed by atoms with Gasteiger partial charge in [-0.2, -0.15) is 0 Å². The highest BCUT2D eigenvalue weighted by Crippen LogP contribution is 2.50. The smallest absolute Gasteiger partial charge is 0.161 e. The minimum absolute atomic E-state index is 0.106. The summed E-state index contributed by atoms with van der Waals surface area (Å²) in [5.74, 6) is 1.57. The second-order valence-corrected chi connectivity index (χ2v) is 5.14. The first-order valence-corrected chi connectivity index (χ1v) is 6.72. The van der Waals surface area contributed by atoms with Crippen molar-refractivity contribution in [3.8, 4) is 11.5 Å². The van der Waals surface area contributed by atoms with E-state index in [1.165, 1.54) is 0 Å². The van der Waals surface area contributed by atoms with Crippen LogP contribution < -0.4 is 9.47 Å². The Morgan fingerprint density at radius 1 is 1.47 bits per heavy atom. The number of rotatable bonds is 5. The molecule has 0 amide bonds. The van der Waals surface area contributed by atoms with Crippen LogP contribution in [0.2, 0.25) is 0 Å². The summed E-state index contributed by atoms with van der Waals surface area (Å²) in [6.45, 7) is 8.34. The lowest BCUT2D eigenvalue weighted by atomic mass is 9.63. The molecule has 1 aromatic rings. The normalized spacial score (nSPS) is 25.6. The van der Waals surface area contributed by atoms with Crippen LogP contribution in [0.1, 0.15) is 38.2 Å². The molecule has 1 N–H and O–H groups in total. The number of aliphatic hydroxyl groups is 1. The molecule has 2 atom stereocenters. The summed E-state index contributed by atoms with van der Waals surface area (Å²) in [5.41, 5.74) is 1.15. The van der Waals surface area contributed by atoms with Crippen molar-refractivity contribution >= 4 is 0 Å². The van der Waals surface area contributed by atoms with E-state index < -0.39 is 5.60 Å². The van der Waals surface area contributed by atoms with Gasteiger partial charge in [-0.25, -0.2) is 0 Å². The minimum Gasteiger partial charge on any atom is -0.493 e. The first-order valence-electron chi connectivity index (χ1n) is 6.72. The molecule has 0 unspecified atom stereocenters. The molecular weight excluding hydrogens is 240 g/mol. The lowest BCUT2D eigenvalue weighted by Gasteiger charge is -2.46. The molecule has 1 saturated carbocycles. The molecule has 0 saturated heterocycles. The van der Waals surface area contributed by atoms with E-state index >= 15 is 0 Å². The van der Waals surface area contributed by atoms with Crippen LogP contribution in [0.3, 0.4) is 0 Å². The van der Waals surface area contributed by atoms with E-state index in [1.54, 1.807) is 7.11 Å². The first-order chi connectivity index (χ1) is 9.02. The fraction of sp³-hybridized carbons (Fsp3) is 0.500. The molecule has 19 heavy (non-hydrogen) atoms. The van der Waals surface area contributed by atoms with Crippen LogP contribution >= 0.6 is 0 Å². The number of ether oxygens (including phenoxy) is 2. The standard InChI is InChI=1S/C16H22O3/c1-5-19-14-7-6-12(10-15(14)18-4)13-8-9-16(13,17)11(2)3/h6-7,10,13,17H,2,5,8-9H2,1,3-4H3/t13-,16+/m1/s1. The number of hydrogen-bond donors (Lipinski definition) is 1. The second kappa shape index (κ2) is 5.25. The van der Waals surface area contributed by atoms with Crippen molar-refractivity contribution in [3.63, 3.8) is 0 Å². The van der Waals surface area contributed by atoms with Gasteiger partial charge >= 0.3 is 0 Å². The highest BCUT2D eigenvalue weighted by atomic mass is 16.5. The average molecular weight is 262 g/mol. The Balaban J connectivity index is 2.29. The van der Waals surface area contributed by atoms with Gasteiger partial charge in [0.05, 0.1) is 19.3 Å². The fourth-order valence-electron chi connectivity index (χ4n) is 2.69. The van der Waals surface area contributed by atoms with Crippen LogP contribution in [0.5, 0.6) is 11.5 Å². The van der Waals surface area contributed by atoms with Crippen LogP contribution in [-0.2, 0) is 0 Å². The van der Waals surface area contributed by atoms with E-state index in [2.05, 4.69) is 6.58 Å². The molecule has 0 bridgehead atoms. The Kier molecular flexibility index (Phi) is 3.85. The van der Waals surface area contributed by atoms with Crippen LogP contribution in [0.4, 0.5) is 0 Å². The Hall–Kier alpha value is -1.48. The molecule has 0 aromatic heterocycles. The van der Waals surface area contributed by atoms with Gasteiger partial charge in [0.2, 0.25) is 0 Å². The van der Waals surface area contributed by atoms with E-state index in [4.69, 9.17) is 9.47 Å². The summed E-state index contributed by atoms with van der Waals surface area (Å²) in [5, 5.41) is 10.6. The van der Waals surface area contributed by atoms with Crippen molar-refractivity contribution in [2.45, 2.75) is 38.2 Å². The predicted octanol–water partition coefficient (Wildman–Crippen LogP) is 3.28. The van der Waals surface area contributed by atoms with E-state index in [1.807, 2.05) is 32.0 Å². The predicted molar refractivity (Wildman–Crippen MR) is 75.9 cm³/mol. The highest BCUT2D eigenvalue weighted by molar-refractivity contribution is 5.46. The van der Waals surface area contributed by atoms with E-state index in [-0.39, 0.29) is 5.92 Å². The SMILES string of the molecule is C=C(C)[C@@]1(O)CC[C@@H]1c1ccc(OCC)c(OC)c1. The van der Waals surface area contributed by atoms with Crippen molar-refractivity contribution in [1.29, 1.82) is 0 Å². The second-order valence-electron chi connectivity index (χ2n) is 5.14. The van der Waals surface area contributed by atoms with Gasteiger partial charge in [-0.3, -0.25) is 0 Å². The Labute approximate surface area is 114 Å². The zero-order valence-electron chi connectivity index (χ0n) is 11.9. The van der Waals surface area contributed by atoms with Gasteiger partial charge < -0.3 is 14.6 Å².